The average Bonchev–Trinajstić information content (AvgIpc) is 3.09. The van der Waals surface area contributed by atoms with Crippen LogP contribution in [0.5, 0.6) is 5.75 Å². The van der Waals surface area contributed by atoms with Crippen molar-refractivity contribution in [1.29, 1.82) is 5.26 Å². The summed E-state index contributed by atoms with van der Waals surface area (Å²) >= 11 is 0. The molecule has 0 amide bonds. The minimum absolute atomic E-state index is 0.0328. The SMILES string of the molecule is CNCc1nn(C)c(C#N)c1-c1cnc(N)c(OC(C)c2cc([N+](=O)[O-])ccc2C(=O)O)c1. The minimum Gasteiger partial charge on any atom is -0.482 e. The molecule has 1 aromatic carbocycles. The van der Waals surface area contributed by atoms with Crippen LogP contribution in [-0.2, 0) is 13.6 Å². The third kappa shape index (κ3) is 4.58. The summed E-state index contributed by atoms with van der Waals surface area (Å²) < 4.78 is 7.36. The Balaban J connectivity index is 2.05. The number of aromatic carboxylic acids is 1. The van der Waals surface area contributed by atoms with Gasteiger partial charge in [0.2, 0.25) is 0 Å². The van der Waals surface area contributed by atoms with Crippen molar-refractivity contribution in [2.24, 2.45) is 7.05 Å². The van der Waals surface area contributed by atoms with Gasteiger partial charge in [0.1, 0.15) is 17.9 Å². The van der Waals surface area contributed by atoms with Gasteiger partial charge in [-0.25, -0.2) is 9.78 Å². The number of hydrogen-bond acceptors (Lipinski definition) is 9. The van der Waals surface area contributed by atoms with Gasteiger partial charge in [0.15, 0.2) is 11.6 Å². The smallest absolute Gasteiger partial charge is 0.336 e. The van der Waals surface area contributed by atoms with Crippen molar-refractivity contribution in [3.8, 4) is 22.9 Å². The molecular weight excluding hydrogens is 430 g/mol. The average molecular weight is 451 g/mol. The number of nitrogens with zero attached hydrogens (tertiary/aromatic N) is 5. The second-order valence-electron chi connectivity index (χ2n) is 7.14. The Hall–Kier alpha value is -4.50. The van der Waals surface area contributed by atoms with Crippen LogP contribution < -0.4 is 15.8 Å². The van der Waals surface area contributed by atoms with Gasteiger partial charge in [0.25, 0.3) is 5.69 Å². The lowest BCUT2D eigenvalue weighted by molar-refractivity contribution is -0.385. The standard InChI is InChI=1S/C21H21N7O5/c1-11(15-7-13(28(31)32)4-5-14(15)21(29)30)33-18-6-12(9-25-20(18)23)19-16(10-24-2)26-27(3)17(19)8-22/h4-7,9,11,24H,10H2,1-3H3,(H2,23,25)(H,29,30). The summed E-state index contributed by atoms with van der Waals surface area (Å²) in [4.78, 5) is 26.3. The Morgan fingerprint density at radius 2 is 2.18 bits per heavy atom. The number of pyridine rings is 1. The number of nitro benzene ring substituents is 1. The summed E-state index contributed by atoms with van der Waals surface area (Å²) in [6, 6.07) is 7.13. The summed E-state index contributed by atoms with van der Waals surface area (Å²) in [7, 11) is 3.40. The number of anilines is 1. The zero-order valence-electron chi connectivity index (χ0n) is 18.1. The lowest BCUT2D eigenvalue weighted by Gasteiger charge is -2.18. The van der Waals surface area contributed by atoms with Gasteiger partial charge in [-0.15, -0.1) is 0 Å². The number of nitrogens with one attached hydrogen (secondary N) is 1. The predicted octanol–water partition coefficient (Wildman–Crippen LogP) is 2.40. The number of carbonyl (C=O) groups is 1. The van der Waals surface area contributed by atoms with E-state index in [1.54, 1.807) is 27.1 Å². The van der Waals surface area contributed by atoms with Crippen molar-refractivity contribution in [2.75, 3.05) is 12.8 Å². The van der Waals surface area contributed by atoms with Crippen molar-refractivity contribution >= 4 is 17.5 Å². The highest BCUT2D eigenvalue weighted by molar-refractivity contribution is 5.90. The summed E-state index contributed by atoms with van der Waals surface area (Å²) in [5.41, 5.74) is 7.71. The molecule has 0 radical (unpaired) electrons. The molecule has 0 bridgehead atoms. The summed E-state index contributed by atoms with van der Waals surface area (Å²) in [6.45, 7) is 1.95. The number of carboxylic acid groups (broad SMARTS) is 1. The number of nitriles is 1. The molecule has 170 valence electrons. The molecular formula is C21H21N7O5. The van der Waals surface area contributed by atoms with Gasteiger partial charge >= 0.3 is 5.97 Å². The van der Waals surface area contributed by atoms with Crippen molar-refractivity contribution in [1.82, 2.24) is 20.1 Å². The second kappa shape index (κ2) is 9.33. The Labute approximate surface area is 188 Å². The maximum Gasteiger partial charge on any atom is 0.336 e. The maximum atomic E-state index is 11.6. The third-order valence-electron chi connectivity index (χ3n) is 4.96. The van der Waals surface area contributed by atoms with Gasteiger partial charge in [0.05, 0.1) is 16.2 Å². The first kappa shape index (κ1) is 23.2. The van der Waals surface area contributed by atoms with E-state index < -0.39 is 17.0 Å². The summed E-state index contributed by atoms with van der Waals surface area (Å²) in [6.07, 6.45) is 0.580. The third-order valence-corrected chi connectivity index (χ3v) is 4.96. The topological polar surface area (TPSA) is 182 Å². The van der Waals surface area contributed by atoms with E-state index in [9.17, 15) is 25.3 Å². The number of nitro groups is 1. The minimum atomic E-state index is -1.25. The van der Waals surface area contributed by atoms with E-state index in [1.165, 1.54) is 10.9 Å². The normalized spacial score (nSPS) is 11.6. The number of nitrogens with two attached hydrogens (primary N) is 1. The van der Waals surface area contributed by atoms with Gasteiger partial charge in [0, 0.05) is 48.6 Å². The van der Waals surface area contributed by atoms with E-state index in [-0.39, 0.29) is 28.4 Å². The van der Waals surface area contributed by atoms with Crippen LogP contribution in [0.3, 0.4) is 0 Å². The van der Waals surface area contributed by atoms with Crippen molar-refractivity contribution in [3.05, 3.63) is 63.1 Å². The fraction of sp³-hybridized carbons (Fsp3) is 0.238. The highest BCUT2D eigenvalue weighted by Crippen LogP contribution is 2.34. The van der Waals surface area contributed by atoms with E-state index in [0.29, 0.717) is 29.1 Å². The molecule has 2 aromatic heterocycles. The number of non-ortho nitro benzene ring substituents is 1. The molecule has 12 nitrogen and oxygen atoms in total. The number of aromatic nitrogens is 3. The van der Waals surface area contributed by atoms with Crippen LogP contribution in [-0.4, -0.2) is 37.8 Å². The molecule has 0 saturated carbocycles. The van der Waals surface area contributed by atoms with Crippen LogP contribution in [0, 0.1) is 21.4 Å². The Kier molecular flexibility index (Phi) is 6.55. The highest BCUT2D eigenvalue weighted by Gasteiger charge is 2.23. The Bertz CT molecular complexity index is 1280. The number of carboxylic acids is 1. The highest BCUT2D eigenvalue weighted by atomic mass is 16.6. The first-order valence-electron chi connectivity index (χ1n) is 9.72. The summed E-state index contributed by atoms with van der Waals surface area (Å²) in [5, 5.41) is 37.6. The Morgan fingerprint density at radius 3 is 2.79 bits per heavy atom. The van der Waals surface area contributed by atoms with E-state index >= 15 is 0 Å². The number of nitrogen functional groups attached to an aromatic ring is 1. The van der Waals surface area contributed by atoms with E-state index in [2.05, 4.69) is 21.5 Å². The predicted molar refractivity (Wildman–Crippen MR) is 117 cm³/mol. The molecule has 4 N–H and O–H groups in total. The fourth-order valence-electron chi connectivity index (χ4n) is 3.44. The summed E-state index contributed by atoms with van der Waals surface area (Å²) in [5.74, 6) is -1.09. The van der Waals surface area contributed by atoms with Crippen molar-refractivity contribution in [2.45, 2.75) is 19.6 Å². The van der Waals surface area contributed by atoms with Crippen LogP contribution >= 0.6 is 0 Å². The Morgan fingerprint density at radius 1 is 1.45 bits per heavy atom. The monoisotopic (exact) mass is 451 g/mol. The zero-order chi connectivity index (χ0) is 24.3. The second-order valence-corrected chi connectivity index (χ2v) is 7.14. The molecule has 3 aromatic rings. The first-order chi connectivity index (χ1) is 15.7. The van der Waals surface area contributed by atoms with E-state index in [1.807, 2.05) is 0 Å². The molecule has 0 spiro atoms. The fourth-order valence-corrected chi connectivity index (χ4v) is 3.44. The lowest BCUT2D eigenvalue weighted by Crippen LogP contribution is -2.12. The van der Waals surface area contributed by atoms with Crippen molar-refractivity contribution in [3.63, 3.8) is 0 Å². The van der Waals surface area contributed by atoms with Crippen molar-refractivity contribution < 1.29 is 19.6 Å². The number of aryl methyl sites for hydroxylation is 1. The largest absolute Gasteiger partial charge is 0.482 e. The molecule has 0 aliphatic heterocycles. The van der Waals surface area contributed by atoms with Crippen LogP contribution in [0.4, 0.5) is 11.5 Å². The molecule has 0 aliphatic carbocycles. The maximum absolute atomic E-state index is 11.6. The zero-order valence-corrected chi connectivity index (χ0v) is 18.1. The number of ether oxygens (including phenoxy) is 1. The van der Waals surface area contributed by atoms with Gasteiger partial charge in [-0.05, 0) is 26.1 Å². The van der Waals surface area contributed by atoms with Gasteiger partial charge < -0.3 is 20.9 Å². The lowest BCUT2D eigenvalue weighted by atomic mass is 10.0. The molecule has 12 heteroatoms. The number of rotatable bonds is 8. The van der Waals surface area contributed by atoms with E-state index in [0.717, 1.165) is 18.2 Å². The first-order valence-corrected chi connectivity index (χ1v) is 9.72. The quantitative estimate of drug-likeness (QED) is 0.339. The number of benzene rings is 1. The molecule has 0 aliphatic rings. The van der Waals surface area contributed by atoms with E-state index in [4.69, 9.17) is 10.5 Å². The molecule has 2 heterocycles. The molecule has 33 heavy (non-hydrogen) atoms. The van der Waals surface area contributed by atoms with Crippen LogP contribution in [0.15, 0.2) is 30.5 Å². The van der Waals surface area contributed by atoms with Crippen LogP contribution in [0.1, 0.15) is 40.3 Å². The molecule has 3 rings (SSSR count). The van der Waals surface area contributed by atoms with Gasteiger partial charge in [-0.2, -0.15) is 10.4 Å². The number of hydrogen-bond donors (Lipinski definition) is 3. The van der Waals surface area contributed by atoms with Crippen LogP contribution in [0.25, 0.3) is 11.1 Å². The molecule has 1 atom stereocenters. The van der Waals surface area contributed by atoms with Gasteiger partial charge in [-0.1, -0.05) is 0 Å². The molecule has 0 fully saturated rings. The van der Waals surface area contributed by atoms with Crippen LogP contribution in [0.2, 0.25) is 0 Å². The molecule has 0 saturated heterocycles. The molecule has 1 unspecified atom stereocenters. The van der Waals surface area contributed by atoms with Gasteiger partial charge in [-0.3, -0.25) is 14.8 Å².